The molecule has 0 aromatic carbocycles. The Hall–Kier alpha value is -1.59. The number of rotatable bonds is 4. The van der Waals surface area contributed by atoms with E-state index in [1.807, 2.05) is 0 Å². The van der Waals surface area contributed by atoms with Gasteiger partial charge < -0.3 is 14.2 Å². The van der Waals surface area contributed by atoms with Crippen molar-refractivity contribution in [1.82, 2.24) is 10.1 Å². The first-order valence-electron chi connectivity index (χ1n) is 6.97. The summed E-state index contributed by atoms with van der Waals surface area (Å²) in [5.41, 5.74) is 0. The molecular formula is C13H21N3O3. The van der Waals surface area contributed by atoms with Crippen LogP contribution >= 0.6 is 0 Å². The molecule has 1 atom stereocenters. The third-order valence-electron chi connectivity index (χ3n) is 3.33. The number of aromatic nitrogens is 2. The number of carbonyl (C=O) groups excluding carboxylic acids is 1. The number of esters is 1. The Morgan fingerprint density at radius 3 is 2.68 bits per heavy atom. The molecule has 1 fully saturated rings. The normalized spacial score (nSPS) is 17.9. The first-order valence-corrected chi connectivity index (χ1v) is 6.97. The van der Waals surface area contributed by atoms with Gasteiger partial charge in [0.15, 0.2) is 0 Å². The van der Waals surface area contributed by atoms with Crippen LogP contribution in [-0.4, -0.2) is 35.8 Å². The zero-order valence-electron chi connectivity index (χ0n) is 11.6. The summed E-state index contributed by atoms with van der Waals surface area (Å²) in [6, 6.07) is 0. The van der Waals surface area contributed by atoms with E-state index in [0.717, 1.165) is 25.9 Å². The van der Waals surface area contributed by atoms with E-state index in [1.165, 1.54) is 12.8 Å². The van der Waals surface area contributed by atoms with Crippen LogP contribution in [0.5, 0.6) is 0 Å². The molecule has 1 aromatic rings. The fraction of sp³-hybridized carbons (Fsp3) is 0.769. The lowest BCUT2D eigenvalue weighted by Gasteiger charge is -2.16. The largest absolute Gasteiger partial charge is 0.465 e. The van der Waals surface area contributed by atoms with E-state index in [9.17, 15) is 4.79 Å². The standard InChI is InChI=1S/C13H21N3O3/c1-3-18-12(17)10(2)11-14-13(15-19-11)16-8-6-4-5-7-9-16/h10H,3-9H2,1-2H3. The second kappa shape index (κ2) is 6.54. The van der Waals surface area contributed by atoms with E-state index in [1.54, 1.807) is 13.8 Å². The minimum Gasteiger partial charge on any atom is -0.465 e. The lowest BCUT2D eigenvalue weighted by atomic mass is 10.2. The van der Waals surface area contributed by atoms with Crippen molar-refractivity contribution in [3.05, 3.63) is 5.89 Å². The second-order valence-corrected chi connectivity index (χ2v) is 4.81. The van der Waals surface area contributed by atoms with Crippen LogP contribution in [0.15, 0.2) is 4.52 Å². The lowest BCUT2D eigenvalue weighted by Crippen LogP contribution is -2.25. The van der Waals surface area contributed by atoms with Crippen molar-refractivity contribution < 1.29 is 14.1 Å². The van der Waals surface area contributed by atoms with Gasteiger partial charge in [-0.3, -0.25) is 4.79 Å². The molecule has 1 aromatic heterocycles. The van der Waals surface area contributed by atoms with E-state index in [4.69, 9.17) is 9.26 Å². The van der Waals surface area contributed by atoms with Crippen molar-refractivity contribution >= 4 is 11.9 Å². The summed E-state index contributed by atoms with van der Waals surface area (Å²) in [6.07, 6.45) is 4.80. The second-order valence-electron chi connectivity index (χ2n) is 4.81. The number of hydrogen-bond donors (Lipinski definition) is 0. The van der Waals surface area contributed by atoms with Crippen molar-refractivity contribution in [3.63, 3.8) is 0 Å². The van der Waals surface area contributed by atoms with Gasteiger partial charge in [0, 0.05) is 13.1 Å². The first-order chi connectivity index (χ1) is 9.22. The Labute approximate surface area is 113 Å². The number of nitrogens with zero attached hydrogens (tertiary/aromatic N) is 3. The molecule has 1 aliphatic rings. The van der Waals surface area contributed by atoms with Crippen LogP contribution in [-0.2, 0) is 9.53 Å². The van der Waals surface area contributed by atoms with E-state index >= 15 is 0 Å². The molecule has 2 rings (SSSR count). The van der Waals surface area contributed by atoms with Crippen LogP contribution in [0.4, 0.5) is 5.95 Å². The van der Waals surface area contributed by atoms with Gasteiger partial charge in [0.1, 0.15) is 5.92 Å². The van der Waals surface area contributed by atoms with Gasteiger partial charge in [-0.2, -0.15) is 4.98 Å². The molecule has 0 bridgehead atoms. The average molecular weight is 267 g/mol. The summed E-state index contributed by atoms with van der Waals surface area (Å²) < 4.78 is 10.1. The smallest absolute Gasteiger partial charge is 0.318 e. The molecule has 0 radical (unpaired) electrons. The number of carbonyl (C=O) groups is 1. The summed E-state index contributed by atoms with van der Waals surface area (Å²) in [5.74, 6) is 0.0903. The van der Waals surface area contributed by atoms with E-state index < -0.39 is 5.92 Å². The maximum absolute atomic E-state index is 11.6. The van der Waals surface area contributed by atoms with E-state index in [0.29, 0.717) is 18.4 Å². The van der Waals surface area contributed by atoms with Gasteiger partial charge in [0.05, 0.1) is 6.61 Å². The van der Waals surface area contributed by atoms with Crippen LogP contribution in [0.25, 0.3) is 0 Å². The molecule has 6 nitrogen and oxygen atoms in total. The minimum absolute atomic E-state index is 0.325. The molecule has 1 unspecified atom stereocenters. The molecule has 0 aliphatic carbocycles. The Morgan fingerprint density at radius 1 is 1.37 bits per heavy atom. The van der Waals surface area contributed by atoms with E-state index in [2.05, 4.69) is 15.0 Å². The van der Waals surface area contributed by atoms with Gasteiger partial charge in [-0.25, -0.2) is 0 Å². The lowest BCUT2D eigenvalue weighted by molar-refractivity contribution is -0.145. The van der Waals surface area contributed by atoms with Crippen molar-refractivity contribution in [2.75, 3.05) is 24.6 Å². The predicted octanol–water partition coefficient (Wildman–Crippen LogP) is 2.12. The maximum Gasteiger partial charge on any atom is 0.318 e. The summed E-state index contributed by atoms with van der Waals surface area (Å²) in [6.45, 7) is 5.76. The van der Waals surface area contributed by atoms with Gasteiger partial charge in [-0.05, 0) is 31.8 Å². The molecule has 106 valence electrons. The molecule has 6 heteroatoms. The summed E-state index contributed by atoms with van der Waals surface area (Å²) in [7, 11) is 0. The van der Waals surface area contributed by atoms with Crippen molar-refractivity contribution in [2.24, 2.45) is 0 Å². The van der Waals surface area contributed by atoms with E-state index in [-0.39, 0.29) is 5.97 Å². The Balaban J connectivity index is 2.03. The van der Waals surface area contributed by atoms with Crippen LogP contribution in [0.3, 0.4) is 0 Å². The Bertz CT molecular complexity index is 411. The van der Waals surface area contributed by atoms with Crippen molar-refractivity contribution in [1.29, 1.82) is 0 Å². The fourth-order valence-corrected chi connectivity index (χ4v) is 2.17. The Morgan fingerprint density at radius 2 is 2.05 bits per heavy atom. The highest BCUT2D eigenvalue weighted by molar-refractivity contribution is 5.76. The minimum atomic E-state index is -0.506. The van der Waals surface area contributed by atoms with Crippen LogP contribution in [0, 0.1) is 0 Å². The molecule has 19 heavy (non-hydrogen) atoms. The quantitative estimate of drug-likeness (QED) is 0.778. The number of ether oxygens (including phenoxy) is 1. The first kappa shape index (κ1) is 13.8. The topological polar surface area (TPSA) is 68.5 Å². The summed E-state index contributed by atoms with van der Waals surface area (Å²) >= 11 is 0. The average Bonchev–Trinajstić information content (AvgIpc) is 2.74. The zero-order valence-corrected chi connectivity index (χ0v) is 11.6. The predicted molar refractivity (Wildman–Crippen MR) is 70.0 cm³/mol. The van der Waals surface area contributed by atoms with Gasteiger partial charge in [0.2, 0.25) is 5.89 Å². The highest BCUT2D eigenvalue weighted by Crippen LogP contribution is 2.20. The SMILES string of the molecule is CCOC(=O)C(C)c1nc(N2CCCCCC2)no1. The van der Waals surface area contributed by atoms with Crippen molar-refractivity contribution in [3.8, 4) is 0 Å². The van der Waals surface area contributed by atoms with Gasteiger partial charge in [-0.15, -0.1) is 0 Å². The summed E-state index contributed by atoms with van der Waals surface area (Å²) in [5, 5.41) is 3.98. The number of anilines is 1. The third kappa shape index (κ3) is 3.45. The van der Waals surface area contributed by atoms with Crippen LogP contribution in [0.1, 0.15) is 51.3 Å². The van der Waals surface area contributed by atoms with Gasteiger partial charge in [0.25, 0.3) is 5.95 Å². The molecular weight excluding hydrogens is 246 g/mol. The summed E-state index contributed by atoms with van der Waals surface area (Å²) in [4.78, 5) is 18.1. The zero-order chi connectivity index (χ0) is 13.7. The van der Waals surface area contributed by atoms with Gasteiger partial charge in [-0.1, -0.05) is 12.8 Å². The molecule has 0 saturated carbocycles. The Kier molecular flexibility index (Phi) is 4.76. The molecule has 1 saturated heterocycles. The molecule has 0 spiro atoms. The van der Waals surface area contributed by atoms with Gasteiger partial charge >= 0.3 is 5.97 Å². The maximum atomic E-state index is 11.6. The fourth-order valence-electron chi connectivity index (χ4n) is 2.17. The van der Waals surface area contributed by atoms with Crippen LogP contribution < -0.4 is 4.90 Å². The monoisotopic (exact) mass is 267 g/mol. The molecule has 0 amide bonds. The van der Waals surface area contributed by atoms with Crippen molar-refractivity contribution in [2.45, 2.75) is 45.4 Å². The van der Waals surface area contributed by atoms with Crippen LogP contribution in [0.2, 0.25) is 0 Å². The molecule has 1 aliphatic heterocycles. The third-order valence-corrected chi connectivity index (χ3v) is 3.33. The molecule has 2 heterocycles. The highest BCUT2D eigenvalue weighted by Gasteiger charge is 2.24. The highest BCUT2D eigenvalue weighted by atomic mass is 16.5. The number of hydrogen-bond acceptors (Lipinski definition) is 6. The molecule has 0 N–H and O–H groups in total.